The van der Waals surface area contributed by atoms with Gasteiger partial charge in [0.2, 0.25) is 12.1 Å². The summed E-state index contributed by atoms with van der Waals surface area (Å²) < 4.78 is 11.4. The molecule has 0 radical (unpaired) electrons. The SMILES string of the molecule is C[C@@H]1CC[C@H]2[C@@H](C)C(=O)O[C@@H]3O[C@]4(C)OO[C@@]32[C@H]1C[C@H]4O. The maximum absolute atomic E-state index is 12.1. The number of ether oxygens (including phenoxy) is 2. The molecule has 0 aromatic heterocycles. The summed E-state index contributed by atoms with van der Waals surface area (Å²) in [7, 11) is 0. The zero-order chi connectivity index (χ0) is 15.0. The zero-order valence-electron chi connectivity index (χ0n) is 12.6. The minimum Gasteiger partial charge on any atom is -0.432 e. The Morgan fingerprint density at radius 2 is 1.95 bits per heavy atom. The van der Waals surface area contributed by atoms with E-state index in [1.807, 2.05) is 6.92 Å². The van der Waals surface area contributed by atoms with E-state index in [4.69, 9.17) is 19.2 Å². The van der Waals surface area contributed by atoms with Gasteiger partial charge in [-0.1, -0.05) is 13.8 Å². The summed E-state index contributed by atoms with van der Waals surface area (Å²) in [4.78, 5) is 23.5. The van der Waals surface area contributed by atoms with Gasteiger partial charge >= 0.3 is 5.97 Å². The monoisotopic (exact) mass is 298 g/mol. The maximum Gasteiger partial charge on any atom is 0.311 e. The van der Waals surface area contributed by atoms with Crippen LogP contribution >= 0.6 is 0 Å². The summed E-state index contributed by atoms with van der Waals surface area (Å²) in [5, 5.41) is 10.5. The van der Waals surface area contributed by atoms with Gasteiger partial charge in [0.1, 0.15) is 6.10 Å². The second kappa shape index (κ2) is 4.19. The molecule has 0 aromatic rings. The Hall–Kier alpha value is -0.690. The Balaban J connectivity index is 1.85. The number of esters is 1. The van der Waals surface area contributed by atoms with E-state index in [0.717, 1.165) is 12.8 Å². The van der Waals surface area contributed by atoms with Crippen molar-refractivity contribution in [2.24, 2.45) is 23.7 Å². The van der Waals surface area contributed by atoms with Crippen molar-refractivity contribution in [1.82, 2.24) is 0 Å². The minimum absolute atomic E-state index is 0.000185. The standard InChI is InChI=1S/C15H22O6/c1-7-4-5-9-8(2)12(17)18-13-15(9)10(7)6-11(16)14(3,19-13)20-21-15/h7-11,13,16H,4-6H2,1-3H3/t7-,8-,9+,10+,11-,13-,14-,15+/m1/s1. The Labute approximate surface area is 123 Å². The highest BCUT2D eigenvalue weighted by atomic mass is 17.3. The predicted molar refractivity (Wildman–Crippen MR) is 69.4 cm³/mol. The maximum atomic E-state index is 12.1. The number of rotatable bonds is 0. The fourth-order valence-corrected chi connectivity index (χ4v) is 4.72. The molecule has 1 aliphatic carbocycles. The van der Waals surface area contributed by atoms with Gasteiger partial charge in [-0.15, -0.1) is 0 Å². The van der Waals surface area contributed by atoms with E-state index < -0.39 is 23.8 Å². The van der Waals surface area contributed by atoms with Crippen LogP contribution in [0, 0.1) is 23.7 Å². The molecule has 0 unspecified atom stereocenters. The summed E-state index contributed by atoms with van der Waals surface area (Å²) in [5.41, 5.74) is -0.790. The van der Waals surface area contributed by atoms with Crippen LogP contribution < -0.4 is 0 Å². The number of fused-ring (bicyclic) bond motifs is 2. The van der Waals surface area contributed by atoms with Gasteiger partial charge in [-0.05, 0) is 32.1 Å². The molecule has 6 nitrogen and oxygen atoms in total. The number of carbonyl (C=O) groups excluding carboxylic acids is 1. The van der Waals surface area contributed by atoms with Crippen LogP contribution in [0.5, 0.6) is 0 Å². The number of hydrogen-bond donors (Lipinski definition) is 1. The third-order valence-electron chi connectivity index (χ3n) is 6.12. The zero-order valence-corrected chi connectivity index (χ0v) is 12.6. The molecule has 5 fully saturated rings. The lowest BCUT2D eigenvalue weighted by Gasteiger charge is -2.57. The lowest BCUT2D eigenvalue weighted by molar-refractivity contribution is -0.565. The molecular formula is C15H22O6. The average molecular weight is 298 g/mol. The summed E-state index contributed by atoms with van der Waals surface area (Å²) in [5.74, 6) is -1.37. The largest absolute Gasteiger partial charge is 0.432 e. The average Bonchev–Trinajstić information content (AvgIpc) is 2.61. The van der Waals surface area contributed by atoms with Gasteiger partial charge in [0.15, 0.2) is 5.60 Å². The highest BCUT2D eigenvalue weighted by Crippen LogP contribution is 2.59. The summed E-state index contributed by atoms with van der Waals surface area (Å²) in [6.45, 7) is 5.67. The fourth-order valence-electron chi connectivity index (χ4n) is 4.72. The van der Waals surface area contributed by atoms with E-state index in [0.29, 0.717) is 12.3 Å². The Morgan fingerprint density at radius 1 is 1.19 bits per heavy atom. The molecule has 5 aliphatic rings. The van der Waals surface area contributed by atoms with Gasteiger partial charge in [-0.2, -0.15) is 4.89 Å². The van der Waals surface area contributed by atoms with Gasteiger partial charge in [0.25, 0.3) is 0 Å². The van der Waals surface area contributed by atoms with E-state index in [-0.39, 0.29) is 23.7 Å². The van der Waals surface area contributed by atoms with Crippen molar-refractivity contribution in [2.45, 2.75) is 63.8 Å². The van der Waals surface area contributed by atoms with Crippen molar-refractivity contribution < 1.29 is 29.1 Å². The lowest BCUT2D eigenvalue weighted by atomic mass is 9.58. The molecule has 21 heavy (non-hydrogen) atoms. The first-order valence-electron chi connectivity index (χ1n) is 7.81. The van der Waals surface area contributed by atoms with Crippen LogP contribution in [0.25, 0.3) is 0 Å². The quantitative estimate of drug-likeness (QED) is 0.538. The van der Waals surface area contributed by atoms with Crippen molar-refractivity contribution in [3.63, 3.8) is 0 Å². The molecule has 1 spiro atoms. The highest BCUT2D eigenvalue weighted by molar-refractivity contribution is 5.74. The van der Waals surface area contributed by atoms with E-state index in [1.165, 1.54) is 0 Å². The molecule has 5 rings (SSSR count). The van der Waals surface area contributed by atoms with Gasteiger partial charge in [0.05, 0.1) is 5.92 Å². The number of aliphatic hydroxyl groups is 1. The molecule has 6 heteroatoms. The van der Waals surface area contributed by atoms with Gasteiger partial charge in [-0.25, -0.2) is 4.89 Å². The van der Waals surface area contributed by atoms with Gasteiger partial charge in [0, 0.05) is 11.8 Å². The minimum atomic E-state index is -1.28. The topological polar surface area (TPSA) is 74.2 Å². The number of aliphatic hydroxyl groups excluding tert-OH is 1. The third-order valence-corrected chi connectivity index (χ3v) is 6.12. The molecule has 2 bridgehead atoms. The normalized spacial score (nSPS) is 59.1. The third kappa shape index (κ3) is 1.59. The Bertz CT molecular complexity index is 481. The van der Waals surface area contributed by atoms with Gasteiger partial charge < -0.3 is 14.6 Å². The van der Waals surface area contributed by atoms with Crippen LogP contribution in [0.15, 0.2) is 0 Å². The second-order valence-electron chi connectivity index (χ2n) is 7.23. The molecule has 4 aliphatic heterocycles. The Kier molecular flexibility index (Phi) is 2.78. The molecule has 8 atom stereocenters. The highest BCUT2D eigenvalue weighted by Gasteiger charge is 2.71. The molecule has 4 saturated heterocycles. The predicted octanol–water partition coefficient (Wildman–Crippen LogP) is 1.37. The first-order valence-corrected chi connectivity index (χ1v) is 7.81. The fraction of sp³-hybridized carbons (Fsp3) is 0.933. The van der Waals surface area contributed by atoms with Crippen LogP contribution in [-0.2, 0) is 24.0 Å². The molecule has 1 N–H and O–H groups in total. The number of hydrogen-bond acceptors (Lipinski definition) is 6. The van der Waals surface area contributed by atoms with E-state index >= 15 is 0 Å². The van der Waals surface area contributed by atoms with Gasteiger partial charge in [-0.3, -0.25) is 4.79 Å². The summed E-state index contributed by atoms with van der Waals surface area (Å²) in [6, 6.07) is 0. The van der Waals surface area contributed by atoms with Crippen molar-refractivity contribution in [3.05, 3.63) is 0 Å². The van der Waals surface area contributed by atoms with E-state index in [2.05, 4.69) is 6.92 Å². The Morgan fingerprint density at radius 3 is 2.71 bits per heavy atom. The first-order chi connectivity index (χ1) is 9.88. The molecular weight excluding hydrogens is 276 g/mol. The van der Waals surface area contributed by atoms with Crippen LogP contribution in [0.3, 0.4) is 0 Å². The summed E-state index contributed by atoms with van der Waals surface area (Å²) in [6.07, 6.45) is 0.824. The lowest BCUT2D eigenvalue weighted by Crippen LogP contribution is -2.69. The van der Waals surface area contributed by atoms with Crippen LogP contribution in [-0.4, -0.2) is 34.9 Å². The van der Waals surface area contributed by atoms with Crippen LogP contribution in [0.4, 0.5) is 0 Å². The molecule has 0 aromatic carbocycles. The van der Waals surface area contributed by atoms with Crippen molar-refractivity contribution in [3.8, 4) is 0 Å². The van der Waals surface area contributed by atoms with Crippen LogP contribution in [0.2, 0.25) is 0 Å². The van der Waals surface area contributed by atoms with Crippen molar-refractivity contribution in [1.29, 1.82) is 0 Å². The van der Waals surface area contributed by atoms with Crippen LogP contribution in [0.1, 0.15) is 40.0 Å². The second-order valence-corrected chi connectivity index (χ2v) is 7.23. The molecule has 0 amide bonds. The molecule has 4 heterocycles. The first kappa shape index (κ1) is 13.9. The number of carbonyl (C=O) groups is 1. The van der Waals surface area contributed by atoms with E-state index in [1.54, 1.807) is 6.92 Å². The molecule has 1 saturated carbocycles. The smallest absolute Gasteiger partial charge is 0.311 e. The van der Waals surface area contributed by atoms with E-state index in [9.17, 15) is 9.90 Å². The molecule has 118 valence electrons. The van der Waals surface area contributed by atoms with Crippen molar-refractivity contribution >= 4 is 5.97 Å². The summed E-state index contributed by atoms with van der Waals surface area (Å²) >= 11 is 0. The van der Waals surface area contributed by atoms with Crippen molar-refractivity contribution in [2.75, 3.05) is 0 Å².